The van der Waals surface area contributed by atoms with Gasteiger partial charge in [0.15, 0.2) is 0 Å². The van der Waals surface area contributed by atoms with Gasteiger partial charge in [0.2, 0.25) is 0 Å². The van der Waals surface area contributed by atoms with E-state index in [0.29, 0.717) is 31.0 Å². The largest absolute Gasteiger partial charge is 0.441 e. The smallest absolute Gasteiger partial charge is 0.416 e. The van der Waals surface area contributed by atoms with Crippen molar-refractivity contribution >= 4 is 17.8 Å². The molecule has 3 fully saturated rings. The van der Waals surface area contributed by atoms with E-state index in [-0.39, 0.29) is 12.1 Å². The van der Waals surface area contributed by atoms with Gasteiger partial charge in [-0.25, -0.2) is 9.78 Å². The molecule has 2 amide bonds. The minimum atomic E-state index is -0.539. The molecule has 1 aromatic heterocycles. The van der Waals surface area contributed by atoms with E-state index in [1.54, 1.807) is 18.3 Å². The molecule has 8 heteroatoms. The van der Waals surface area contributed by atoms with Gasteiger partial charge in [0.1, 0.15) is 17.6 Å². The summed E-state index contributed by atoms with van der Waals surface area (Å²) in [6.45, 7) is 9.36. The Morgan fingerprint density at radius 2 is 1.94 bits per heavy atom. The molecule has 2 saturated heterocycles. The zero-order chi connectivity index (χ0) is 22.5. The average Bonchev–Trinajstić information content (AvgIpc) is 3.58. The molecule has 0 radical (unpaired) electrons. The lowest BCUT2D eigenvalue weighted by atomic mass is 10.0. The summed E-state index contributed by atoms with van der Waals surface area (Å²) in [6.07, 6.45) is 8.48. The number of dihydropyridines is 1. The van der Waals surface area contributed by atoms with Crippen LogP contribution in [0.3, 0.4) is 0 Å². The number of hydrogen-bond acceptors (Lipinski definition) is 6. The summed E-state index contributed by atoms with van der Waals surface area (Å²) in [5.74, 6) is 1.23. The van der Waals surface area contributed by atoms with Crippen molar-refractivity contribution in [2.24, 2.45) is 5.92 Å². The van der Waals surface area contributed by atoms with Gasteiger partial charge in [0, 0.05) is 38.6 Å². The van der Waals surface area contributed by atoms with E-state index in [2.05, 4.69) is 34.4 Å². The van der Waals surface area contributed by atoms with Crippen LogP contribution < -0.4 is 10.2 Å². The minimum Gasteiger partial charge on any atom is -0.441 e. The molecule has 3 aliphatic heterocycles. The first kappa shape index (κ1) is 21.0. The highest BCUT2D eigenvalue weighted by Gasteiger charge is 2.39. The molecule has 1 saturated carbocycles. The van der Waals surface area contributed by atoms with Crippen molar-refractivity contribution in [2.75, 3.05) is 37.6 Å². The third-order valence-electron chi connectivity index (χ3n) is 6.64. The molecule has 1 N–H and O–H groups in total. The van der Waals surface area contributed by atoms with Crippen LogP contribution in [0.15, 0.2) is 41.8 Å². The molecular formula is C24H31N5O3. The number of aromatic nitrogens is 1. The van der Waals surface area contributed by atoms with Crippen LogP contribution >= 0.6 is 0 Å². The second-order valence-corrected chi connectivity index (χ2v) is 9.82. The Morgan fingerprint density at radius 3 is 2.50 bits per heavy atom. The highest BCUT2D eigenvalue weighted by Crippen LogP contribution is 2.38. The number of hydrogen-bond donors (Lipinski definition) is 1. The van der Waals surface area contributed by atoms with Crippen molar-refractivity contribution in [3.8, 4) is 0 Å². The van der Waals surface area contributed by atoms with Crippen molar-refractivity contribution in [1.29, 1.82) is 0 Å². The maximum Gasteiger partial charge on any atom is 0.416 e. The first-order valence-electron chi connectivity index (χ1n) is 11.4. The number of allylic oxidation sites excluding steroid dienone is 2. The highest BCUT2D eigenvalue weighted by molar-refractivity contribution is 5.95. The molecule has 1 unspecified atom stereocenters. The number of anilines is 1. The lowest BCUT2D eigenvalue weighted by Gasteiger charge is -2.40. The van der Waals surface area contributed by atoms with Gasteiger partial charge in [0.25, 0.3) is 5.91 Å². The molecule has 4 heterocycles. The Bertz CT molecular complexity index is 972. The Balaban J connectivity index is 1.17. The quantitative estimate of drug-likeness (QED) is 0.781. The van der Waals surface area contributed by atoms with Crippen molar-refractivity contribution in [3.05, 3.63) is 47.3 Å². The van der Waals surface area contributed by atoms with Gasteiger partial charge in [0.05, 0.1) is 12.1 Å². The van der Waals surface area contributed by atoms with Crippen LogP contribution in [-0.2, 0) is 4.74 Å². The Labute approximate surface area is 188 Å². The summed E-state index contributed by atoms with van der Waals surface area (Å²) in [7, 11) is 0. The number of rotatable bonds is 4. The van der Waals surface area contributed by atoms with Crippen LogP contribution in [0.1, 0.15) is 44.0 Å². The molecule has 32 heavy (non-hydrogen) atoms. The summed E-state index contributed by atoms with van der Waals surface area (Å²) in [4.78, 5) is 35.2. The van der Waals surface area contributed by atoms with Gasteiger partial charge < -0.3 is 15.0 Å². The fourth-order valence-corrected chi connectivity index (χ4v) is 4.72. The predicted octanol–water partition coefficient (Wildman–Crippen LogP) is 2.74. The third-order valence-corrected chi connectivity index (χ3v) is 6.64. The monoisotopic (exact) mass is 437 g/mol. The molecule has 1 atom stereocenters. The van der Waals surface area contributed by atoms with Gasteiger partial charge in [-0.1, -0.05) is 6.08 Å². The summed E-state index contributed by atoms with van der Waals surface area (Å²) in [5, 5.41) is 3.57. The number of ether oxygens (including phenoxy) is 1. The zero-order valence-electron chi connectivity index (χ0n) is 19.0. The fourth-order valence-electron chi connectivity index (χ4n) is 4.72. The second kappa shape index (κ2) is 7.92. The van der Waals surface area contributed by atoms with E-state index >= 15 is 0 Å². The molecule has 0 bridgehead atoms. The number of amides is 2. The zero-order valence-corrected chi connectivity index (χ0v) is 19.0. The Morgan fingerprint density at radius 1 is 1.19 bits per heavy atom. The number of carbonyl (C=O) groups excluding carboxylic acids is 2. The molecule has 1 aliphatic carbocycles. The van der Waals surface area contributed by atoms with Crippen molar-refractivity contribution < 1.29 is 14.3 Å². The molecule has 5 rings (SSSR count). The van der Waals surface area contributed by atoms with Crippen molar-refractivity contribution in [3.63, 3.8) is 0 Å². The number of carbonyl (C=O) groups is 2. The number of piperazine rings is 1. The van der Waals surface area contributed by atoms with Crippen LogP contribution in [0.25, 0.3) is 0 Å². The summed E-state index contributed by atoms with van der Waals surface area (Å²) < 4.78 is 5.33. The number of nitrogens with one attached hydrogen (secondary N) is 1. The van der Waals surface area contributed by atoms with E-state index in [9.17, 15) is 9.59 Å². The van der Waals surface area contributed by atoms with Gasteiger partial charge in [-0.3, -0.25) is 14.6 Å². The topological polar surface area (TPSA) is 78.0 Å². The summed E-state index contributed by atoms with van der Waals surface area (Å²) in [6, 6.07) is 3.46. The Hall–Kier alpha value is -2.87. The number of nitrogens with zero attached hydrogens (tertiary/aromatic N) is 4. The molecule has 4 aliphatic rings. The lowest BCUT2D eigenvalue weighted by Crippen LogP contribution is -2.55. The SMILES string of the molecule is CC1=CC(C2CC2)=CNC1N1CCN(C(=O)c2ccc(N3CC(C)(C)OC3=O)nc2)CC1. The standard InChI is InChI=1S/C24H31N5O3/c1-16-12-19(17-4-5-17)14-26-21(16)27-8-10-28(11-9-27)22(30)18-6-7-20(25-13-18)29-15-24(2,3)32-23(29)31/h6-7,12-14,17,21,26H,4-5,8-11,15H2,1-3H3. The molecular weight excluding hydrogens is 406 g/mol. The van der Waals surface area contributed by atoms with E-state index in [0.717, 1.165) is 19.0 Å². The maximum atomic E-state index is 13.0. The van der Waals surface area contributed by atoms with E-state index in [1.807, 2.05) is 18.7 Å². The lowest BCUT2D eigenvalue weighted by molar-refractivity contribution is 0.0578. The summed E-state index contributed by atoms with van der Waals surface area (Å²) >= 11 is 0. The minimum absolute atomic E-state index is 0.0205. The van der Waals surface area contributed by atoms with Crippen molar-refractivity contribution in [2.45, 2.75) is 45.4 Å². The van der Waals surface area contributed by atoms with Crippen LogP contribution in [-0.4, -0.2) is 71.3 Å². The molecule has 8 nitrogen and oxygen atoms in total. The first-order valence-corrected chi connectivity index (χ1v) is 11.4. The third kappa shape index (κ3) is 4.11. The normalized spacial score (nSPS) is 25.7. The van der Waals surface area contributed by atoms with Crippen LogP contribution in [0, 0.1) is 5.92 Å². The van der Waals surface area contributed by atoms with E-state index < -0.39 is 11.7 Å². The highest BCUT2D eigenvalue weighted by atomic mass is 16.6. The van der Waals surface area contributed by atoms with E-state index in [4.69, 9.17) is 4.74 Å². The van der Waals surface area contributed by atoms with Crippen LogP contribution in [0.2, 0.25) is 0 Å². The number of cyclic esters (lactones) is 1. The first-order chi connectivity index (χ1) is 15.3. The predicted molar refractivity (Wildman–Crippen MR) is 121 cm³/mol. The average molecular weight is 438 g/mol. The maximum absolute atomic E-state index is 13.0. The van der Waals surface area contributed by atoms with Crippen LogP contribution in [0.4, 0.5) is 10.6 Å². The molecule has 170 valence electrons. The van der Waals surface area contributed by atoms with Crippen molar-refractivity contribution in [1.82, 2.24) is 20.1 Å². The molecule has 0 aromatic carbocycles. The van der Waals surface area contributed by atoms with Gasteiger partial charge in [-0.15, -0.1) is 0 Å². The van der Waals surface area contributed by atoms with Gasteiger partial charge in [-0.05, 0) is 62.8 Å². The fraction of sp³-hybridized carbons (Fsp3) is 0.542. The summed E-state index contributed by atoms with van der Waals surface area (Å²) in [5.41, 5.74) is 2.77. The van der Waals surface area contributed by atoms with Crippen LogP contribution in [0.5, 0.6) is 0 Å². The van der Waals surface area contributed by atoms with E-state index in [1.165, 1.54) is 28.9 Å². The van der Waals surface area contributed by atoms with Gasteiger partial charge >= 0.3 is 6.09 Å². The van der Waals surface area contributed by atoms with Gasteiger partial charge in [-0.2, -0.15) is 0 Å². The molecule has 0 spiro atoms. The number of pyridine rings is 1. The Kier molecular flexibility index (Phi) is 5.20. The molecule has 1 aromatic rings. The second-order valence-electron chi connectivity index (χ2n) is 9.82.